The molecule has 0 saturated carbocycles. The maximum atomic E-state index is 11.4. The Morgan fingerprint density at radius 1 is 1.45 bits per heavy atom. The largest absolute Gasteiger partial charge is 0.397 e. The van der Waals surface area contributed by atoms with E-state index in [0.29, 0.717) is 17.4 Å². The van der Waals surface area contributed by atoms with Gasteiger partial charge in [-0.1, -0.05) is 0 Å². The summed E-state index contributed by atoms with van der Waals surface area (Å²) in [5.74, 6) is 0. The van der Waals surface area contributed by atoms with Gasteiger partial charge in [0.05, 0.1) is 16.3 Å². The molecule has 1 aliphatic rings. The van der Waals surface area contributed by atoms with Crippen molar-refractivity contribution in [2.75, 3.05) is 37.8 Å². The molecule has 0 aromatic heterocycles. The smallest absolute Gasteiger partial charge is 0.238 e. The van der Waals surface area contributed by atoms with Crippen LogP contribution in [0.3, 0.4) is 0 Å². The average Bonchev–Trinajstić information content (AvgIpc) is 2.74. The number of anilines is 2. The number of nitrogen functional groups attached to an aromatic ring is 1. The van der Waals surface area contributed by atoms with Crippen molar-refractivity contribution in [3.63, 3.8) is 0 Å². The van der Waals surface area contributed by atoms with E-state index in [0.717, 1.165) is 19.5 Å². The fourth-order valence-electron chi connectivity index (χ4n) is 2.66. The highest BCUT2D eigenvalue weighted by molar-refractivity contribution is 7.89. The second-order valence-electron chi connectivity index (χ2n) is 5.42. The third kappa shape index (κ3) is 3.23. The Bertz CT molecular complexity index is 588. The third-order valence-electron chi connectivity index (χ3n) is 3.90. The SMILES string of the molecule is CN(CC1CCCN1C)c1cc(S(N)(=O)=O)ccc1N. The molecule has 1 aliphatic heterocycles. The summed E-state index contributed by atoms with van der Waals surface area (Å²) in [6.07, 6.45) is 2.34. The molecule has 112 valence electrons. The van der Waals surface area contributed by atoms with Crippen LogP contribution in [0.15, 0.2) is 23.1 Å². The number of sulfonamides is 1. The molecule has 1 unspecified atom stereocenters. The number of rotatable bonds is 4. The maximum Gasteiger partial charge on any atom is 0.238 e. The molecule has 7 heteroatoms. The second kappa shape index (κ2) is 5.59. The Kier molecular flexibility index (Phi) is 4.22. The fraction of sp³-hybridized carbons (Fsp3) is 0.538. The van der Waals surface area contributed by atoms with Gasteiger partial charge in [-0.3, -0.25) is 0 Å². The monoisotopic (exact) mass is 298 g/mol. The lowest BCUT2D eigenvalue weighted by Crippen LogP contribution is -2.37. The molecule has 0 amide bonds. The van der Waals surface area contributed by atoms with Crippen LogP contribution < -0.4 is 15.8 Å². The van der Waals surface area contributed by atoms with E-state index in [9.17, 15) is 8.42 Å². The lowest BCUT2D eigenvalue weighted by Gasteiger charge is -2.28. The highest BCUT2D eigenvalue weighted by Gasteiger charge is 2.23. The van der Waals surface area contributed by atoms with Crippen LogP contribution in [0.1, 0.15) is 12.8 Å². The molecule has 4 N–H and O–H groups in total. The molecule has 1 saturated heterocycles. The lowest BCUT2D eigenvalue weighted by molar-refractivity contribution is 0.314. The molecule has 0 radical (unpaired) electrons. The van der Waals surface area contributed by atoms with Crippen LogP contribution >= 0.6 is 0 Å². The molecule has 0 bridgehead atoms. The van der Waals surface area contributed by atoms with E-state index in [1.54, 1.807) is 12.1 Å². The Morgan fingerprint density at radius 2 is 2.15 bits per heavy atom. The molecule has 0 aliphatic carbocycles. The second-order valence-corrected chi connectivity index (χ2v) is 6.98. The van der Waals surface area contributed by atoms with Gasteiger partial charge in [-0.05, 0) is 44.6 Å². The summed E-state index contributed by atoms with van der Waals surface area (Å²) in [5.41, 5.74) is 7.21. The highest BCUT2D eigenvalue weighted by atomic mass is 32.2. The van der Waals surface area contributed by atoms with E-state index in [1.807, 2.05) is 11.9 Å². The molecule has 1 aromatic carbocycles. The van der Waals surface area contributed by atoms with Gasteiger partial charge in [0.1, 0.15) is 0 Å². The molecule has 1 fully saturated rings. The normalized spacial score (nSPS) is 20.2. The quantitative estimate of drug-likeness (QED) is 0.787. The van der Waals surface area contributed by atoms with Gasteiger partial charge < -0.3 is 15.5 Å². The summed E-state index contributed by atoms with van der Waals surface area (Å²) in [4.78, 5) is 4.40. The number of benzene rings is 1. The molecular weight excluding hydrogens is 276 g/mol. The molecule has 20 heavy (non-hydrogen) atoms. The van der Waals surface area contributed by atoms with Gasteiger partial charge >= 0.3 is 0 Å². The van der Waals surface area contributed by atoms with E-state index in [-0.39, 0.29) is 4.90 Å². The van der Waals surface area contributed by atoms with Gasteiger partial charge in [-0.25, -0.2) is 13.6 Å². The van der Waals surface area contributed by atoms with Gasteiger partial charge in [-0.2, -0.15) is 0 Å². The van der Waals surface area contributed by atoms with Crippen molar-refractivity contribution < 1.29 is 8.42 Å². The molecule has 6 nitrogen and oxygen atoms in total. The number of nitrogens with two attached hydrogens (primary N) is 2. The van der Waals surface area contributed by atoms with Gasteiger partial charge in [0, 0.05) is 19.6 Å². The Morgan fingerprint density at radius 3 is 2.70 bits per heavy atom. The van der Waals surface area contributed by atoms with Crippen molar-refractivity contribution in [1.82, 2.24) is 4.90 Å². The van der Waals surface area contributed by atoms with Crippen molar-refractivity contribution in [3.8, 4) is 0 Å². The maximum absolute atomic E-state index is 11.4. The molecule has 2 rings (SSSR count). The lowest BCUT2D eigenvalue weighted by atomic mass is 10.2. The zero-order chi connectivity index (χ0) is 14.9. The zero-order valence-electron chi connectivity index (χ0n) is 11.9. The first-order valence-corrected chi connectivity index (χ1v) is 8.17. The summed E-state index contributed by atoms with van der Waals surface area (Å²) in [6, 6.07) is 5.03. The van der Waals surface area contributed by atoms with Crippen LogP contribution in [0, 0.1) is 0 Å². The predicted octanol–water partition coefficient (Wildman–Crippen LogP) is 0.447. The Labute approximate surface area is 120 Å². The number of nitrogens with zero attached hydrogens (tertiary/aromatic N) is 2. The first-order valence-electron chi connectivity index (χ1n) is 6.63. The minimum atomic E-state index is -3.71. The van der Waals surface area contributed by atoms with Crippen molar-refractivity contribution in [1.29, 1.82) is 0 Å². The van der Waals surface area contributed by atoms with Crippen LogP contribution in [0.2, 0.25) is 0 Å². The van der Waals surface area contributed by atoms with Crippen molar-refractivity contribution in [3.05, 3.63) is 18.2 Å². The number of hydrogen-bond acceptors (Lipinski definition) is 5. The molecule has 1 heterocycles. The van der Waals surface area contributed by atoms with Crippen LogP contribution in [0.5, 0.6) is 0 Å². The molecule has 0 spiro atoms. The van der Waals surface area contributed by atoms with Crippen LogP contribution in [-0.4, -0.2) is 46.5 Å². The minimum absolute atomic E-state index is 0.0910. The molecular formula is C13H22N4O2S. The zero-order valence-corrected chi connectivity index (χ0v) is 12.7. The standard InChI is InChI=1S/C13H22N4O2S/c1-16-7-3-4-10(16)9-17(2)13-8-11(20(15,18)19)5-6-12(13)14/h5-6,8,10H,3-4,7,9,14H2,1-2H3,(H2,15,18,19). The Hall–Kier alpha value is -1.31. The van der Waals surface area contributed by atoms with E-state index in [4.69, 9.17) is 10.9 Å². The summed E-state index contributed by atoms with van der Waals surface area (Å²) in [5, 5.41) is 5.17. The first kappa shape index (κ1) is 15.1. The van der Waals surface area contributed by atoms with E-state index in [1.165, 1.54) is 12.5 Å². The topological polar surface area (TPSA) is 92.7 Å². The van der Waals surface area contributed by atoms with Crippen LogP contribution in [-0.2, 0) is 10.0 Å². The summed E-state index contributed by atoms with van der Waals surface area (Å²) in [7, 11) is 0.322. The Balaban J connectivity index is 2.22. The van der Waals surface area contributed by atoms with Gasteiger partial charge in [0.2, 0.25) is 10.0 Å². The van der Waals surface area contributed by atoms with E-state index in [2.05, 4.69) is 11.9 Å². The van der Waals surface area contributed by atoms with Crippen molar-refractivity contribution in [2.45, 2.75) is 23.8 Å². The van der Waals surface area contributed by atoms with Gasteiger partial charge in [0.15, 0.2) is 0 Å². The number of hydrogen-bond donors (Lipinski definition) is 2. The third-order valence-corrected chi connectivity index (χ3v) is 4.81. The fourth-order valence-corrected chi connectivity index (χ4v) is 3.19. The number of likely N-dealkylation sites (N-methyl/N-ethyl adjacent to an activating group) is 2. The van der Waals surface area contributed by atoms with Crippen LogP contribution in [0.25, 0.3) is 0 Å². The van der Waals surface area contributed by atoms with Crippen LogP contribution in [0.4, 0.5) is 11.4 Å². The van der Waals surface area contributed by atoms with Crippen molar-refractivity contribution >= 4 is 21.4 Å². The van der Waals surface area contributed by atoms with Crippen molar-refractivity contribution in [2.24, 2.45) is 5.14 Å². The number of likely N-dealkylation sites (tertiary alicyclic amines) is 1. The number of primary sulfonamides is 1. The van der Waals surface area contributed by atoms with Gasteiger partial charge in [0.25, 0.3) is 0 Å². The molecule has 1 aromatic rings. The molecule has 1 atom stereocenters. The van der Waals surface area contributed by atoms with E-state index >= 15 is 0 Å². The highest BCUT2D eigenvalue weighted by Crippen LogP contribution is 2.27. The first-order chi connectivity index (χ1) is 9.29. The summed E-state index contributed by atoms with van der Waals surface area (Å²) >= 11 is 0. The predicted molar refractivity (Wildman–Crippen MR) is 81.1 cm³/mol. The van der Waals surface area contributed by atoms with Gasteiger partial charge in [-0.15, -0.1) is 0 Å². The summed E-state index contributed by atoms with van der Waals surface area (Å²) in [6.45, 7) is 1.92. The average molecular weight is 298 g/mol. The minimum Gasteiger partial charge on any atom is -0.397 e. The van der Waals surface area contributed by atoms with E-state index < -0.39 is 10.0 Å². The summed E-state index contributed by atoms with van der Waals surface area (Å²) < 4.78 is 22.9.